The van der Waals surface area contributed by atoms with Crippen molar-refractivity contribution in [3.63, 3.8) is 0 Å². The van der Waals surface area contributed by atoms with Crippen LogP contribution in [0, 0.1) is 12.7 Å². The van der Waals surface area contributed by atoms with Crippen LogP contribution in [-0.4, -0.2) is 11.1 Å². The summed E-state index contributed by atoms with van der Waals surface area (Å²) in [6, 6.07) is 2.72. The molecule has 2 nitrogen and oxygen atoms in total. The number of rotatable bonds is 2. The maximum atomic E-state index is 13.3. The first-order valence-corrected chi connectivity index (χ1v) is 4.08. The summed E-state index contributed by atoms with van der Waals surface area (Å²) in [4.78, 5) is 10.6. The number of benzene rings is 1. The van der Waals surface area contributed by atoms with E-state index >= 15 is 0 Å². The van der Waals surface area contributed by atoms with Gasteiger partial charge >= 0.3 is 5.97 Å². The number of hydrogen-bond acceptors (Lipinski definition) is 1. The summed E-state index contributed by atoms with van der Waals surface area (Å²) >= 11 is 0. The van der Waals surface area contributed by atoms with E-state index < -0.39 is 5.97 Å². The van der Waals surface area contributed by atoms with Gasteiger partial charge in [0.05, 0.1) is 5.56 Å². The van der Waals surface area contributed by atoms with E-state index in [-0.39, 0.29) is 11.4 Å². The number of carboxylic acid groups (broad SMARTS) is 1. The van der Waals surface area contributed by atoms with Gasteiger partial charge in [-0.2, -0.15) is 0 Å². The van der Waals surface area contributed by atoms with Gasteiger partial charge in [0.1, 0.15) is 5.82 Å². The highest BCUT2D eigenvalue weighted by Gasteiger charge is 2.10. The van der Waals surface area contributed by atoms with Gasteiger partial charge in [-0.3, -0.25) is 0 Å². The van der Waals surface area contributed by atoms with Gasteiger partial charge in [-0.25, -0.2) is 9.18 Å². The molecule has 0 aliphatic heterocycles. The summed E-state index contributed by atoms with van der Waals surface area (Å²) in [5, 5.41) is 8.70. The highest BCUT2D eigenvalue weighted by atomic mass is 19.1. The fourth-order valence-corrected chi connectivity index (χ4v) is 1.22. The summed E-state index contributed by atoms with van der Waals surface area (Å²) in [5.74, 6) is -1.31. The smallest absolute Gasteiger partial charge is 0.335 e. The van der Waals surface area contributed by atoms with E-state index in [4.69, 9.17) is 5.11 Å². The van der Waals surface area contributed by atoms with Crippen molar-refractivity contribution in [2.45, 2.75) is 20.3 Å². The summed E-state index contributed by atoms with van der Waals surface area (Å²) in [6.45, 7) is 3.37. The van der Waals surface area contributed by atoms with Crippen LogP contribution in [0.1, 0.15) is 28.4 Å². The van der Waals surface area contributed by atoms with Crippen molar-refractivity contribution in [3.8, 4) is 0 Å². The zero-order valence-corrected chi connectivity index (χ0v) is 7.60. The first-order valence-electron chi connectivity index (χ1n) is 4.08. The number of aryl methyl sites for hydroxylation is 2. The normalized spacial score (nSPS) is 10.1. The topological polar surface area (TPSA) is 37.3 Å². The zero-order valence-electron chi connectivity index (χ0n) is 7.60. The third-order valence-corrected chi connectivity index (χ3v) is 1.96. The third-order valence-electron chi connectivity index (χ3n) is 1.96. The van der Waals surface area contributed by atoms with Crippen LogP contribution in [0.2, 0.25) is 0 Å². The molecule has 1 aromatic carbocycles. The Labute approximate surface area is 76.0 Å². The lowest BCUT2D eigenvalue weighted by atomic mass is 10.0. The molecule has 1 aromatic rings. The van der Waals surface area contributed by atoms with E-state index in [2.05, 4.69) is 0 Å². The molecule has 1 rings (SSSR count). The first kappa shape index (κ1) is 9.71. The Morgan fingerprint density at radius 3 is 2.62 bits per heavy atom. The number of aromatic carboxylic acids is 1. The Bertz CT molecular complexity index is 345. The van der Waals surface area contributed by atoms with Gasteiger partial charge in [-0.05, 0) is 36.6 Å². The minimum Gasteiger partial charge on any atom is -0.478 e. The average Bonchev–Trinajstić information content (AvgIpc) is 2.09. The van der Waals surface area contributed by atoms with E-state index in [0.29, 0.717) is 17.5 Å². The Balaban J connectivity index is 3.30. The van der Waals surface area contributed by atoms with Crippen molar-refractivity contribution < 1.29 is 14.3 Å². The Kier molecular flexibility index (Phi) is 2.66. The molecule has 3 heteroatoms. The maximum absolute atomic E-state index is 13.3. The maximum Gasteiger partial charge on any atom is 0.335 e. The second-order valence-corrected chi connectivity index (χ2v) is 2.92. The quantitative estimate of drug-likeness (QED) is 0.762. The molecule has 0 radical (unpaired) electrons. The van der Waals surface area contributed by atoms with Crippen molar-refractivity contribution in [2.75, 3.05) is 0 Å². The molecule has 0 aliphatic carbocycles. The molecular weight excluding hydrogens is 171 g/mol. The van der Waals surface area contributed by atoms with Crippen molar-refractivity contribution >= 4 is 5.97 Å². The monoisotopic (exact) mass is 182 g/mol. The number of halogens is 1. The molecule has 0 spiro atoms. The summed E-state index contributed by atoms with van der Waals surface area (Å²) in [5.41, 5.74) is 0.991. The van der Waals surface area contributed by atoms with E-state index in [0.717, 1.165) is 0 Å². The van der Waals surface area contributed by atoms with Gasteiger partial charge in [-0.1, -0.05) is 6.92 Å². The molecule has 0 bridgehead atoms. The van der Waals surface area contributed by atoms with Crippen LogP contribution in [0.3, 0.4) is 0 Å². The van der Waals surface area contributed by atoms with Gasteiger partial charge in [0, 0.05) is 0 Å². The zero-order chi connectivity index (χ0) is 10.0. The summed E-state index contributed by atoms with van der Waals surface area (Å²) in [6.07, 6.45) is 0.508. The van der Waals surface area contributed by atoms with Crippen LogP contribution in [0.15, 0.2) is 12.1 Å². The van der Waals surface area contributed by atoms with Crippen LogP contribution in [0.4, 0.5) is 4.39 Å². The fraction of sp³-hybridized carbons (Fsp3) is 0.300. The van der Waals surface area contributed by atoms with Crippen LogP contribution in [0.5, 0.6) is 0 Å². The molecule has 0 amide bonds. The van der Waals surface area contributed by atoms with Crippen LogP contribution < -0.4 is 0 Å². The first-order chi connectivity index (χ1) is 6.06. The highest BCUT2D eigenvalue weighted by Crippen LogP contribution is 2.16. The number of carbonyl (C=O) groups is 1. The molecule has 0 unspecified atom stereocenters. The Morgan fingerprint density at radius 1 is 1.54 bits per heavy atom. The van der Waals surface area contributed by atoms with E-state index in [1.807, 2.05) is 0 Å². The van der Waals surface area contributed by atoms with Crippen molar-refractivity contribution in [3.05, 3.63) is 34.6 Å². The third kappa shape index (κ3) is 1.86. The molecule has 0 saturated heterocycles. The molecule has 0 aromatic heterocycles. The standard InChI is InChI=1S/C10H11FO2/c1-3-7-5-8(10(12)13)4-6(2)9(7)11/h4-5H,3H2,1-2H3,(H,12,13). The number of hydrogen-bond donors (Lipinski definition) is 1. The minimum atomic E-state index is -1.02. The lowest BCUT2D eigenvalue weighted by Gasteiger charge is -2.04. The second kappa shape index (κ2) is 3.56. The molecule has 0 saturated carbocycles. The lowest BCUT2D eigenvalue weighted by Crippen LogP contribution is -2.01. The average molecular weight is 182 g/mol. The van der Waals surface area contributed by atoms with Crippen LogP contribution in [-0.2, 0) is 6.42 Å². The van der Waals surface area contributed by atoms with E-state index in [9.17, 15) is 9.18 Å². The molecule has 0 fully saturated rings. The predicted molar refractivity (Wildman–Crippen MR) is 47.5 cm³/mol. The SMILES string of the molecule is CCc1cc(C(=O)O)cc(C)c1F. The second-order valence-electron chi connectivity index (χ2n) is 2.92. The van der Waals surface area contributed by atoms with Gasteiger partial charge in [0.25, 0.3) is 0 Å². The van der Waals surface area contributed by atoms with Gasteiger partial charge in [0.2, 0.25) is 0 Å². The molecule has 70 valence electrons. The minimum absolute atomic E-state index is 0.149. The predicted octanol–water partition coefficient (Wildman–Crippen LogP) is 2.39. The lowest BCUT2D eigenvalue weighted by molar-refractivity contribution is 0.0696. The molecule has 0 aliphatic rings. The van der Waals surface area contributed by atoms with Crippen LogP contribution in [0.25, 0.3) is 0 Å². The number of carboxylic acids is 1. The van der Waals surface area contributed by atoms with E-state index in [1.165, 1.54) is 12.1 Å². The Morgan fingerprint density at radius 2 is 2.15 bits per heavy atom. The summed E-state index contributed by atoms with van der Waals surface area (Å²) in [7, 11) is 0. The Hall–Kier alpha value is -1.38. The molecule has 1 N–H and O–H groups in total. The van der Waals surface area contributed by atoms with E-state index in [1.54, 1.807) is 13.8 Å². The summed E-state index contributed by atoms with van der Waals surface area (Å²) < 4.78 is 13.3. The van der Waals surface area contributed by atoms with Gasteiger partial charge < -0.3 is 5.11 Å². The van der Waals surface area contributed by atoms with Gasteiger partial charge in [-0.15, -0.1) is 0 Å². The van der Waals surface area contributed by atoms with Gasteiger partial charge in [0.15, 0.2) is 0 Å². The highest BCUT2D eigenvalue weighted by molar-refractivity contribution is 5.88. The van der Waals surface area contributed by atoms with Crippen molar-refractivity contribution in [1.29, 1.82) is 0 Å². The largest absolute Gasteiger partial charge is 0.478 e. The molecule has 13 heavy (non-hydrogen) atoms. The molecular formula is C10H11FO2. The molecule has 0 heterocycles. The van der Waals surface area contributed by atoms with Crippen molar-refractivity contribution in [1.82, 2.24) is 0 Å². The van der Waals surface area contributed by atoms with Crippen molar-refractivity contribution in [2.24, 2.45) is 0 Å². The fourth-order valence-electron chi connectivity index (χ4n) is 1.22. The van der Waals surface area contributed by atoms with Crippen LogP contribution >= 0.6 is 0 Å². The molecule has 0 atom stereocenters.